The number of nitrogens with zero attached hydrogens (tertiary/aromatic N) is 1. The molecule has 0 bridgehead atoms. The normalized spacial score (nSPS) is 20.5. The summed E-state index contributed by atoms with van der Waals surface area (Å²) >= 11 is 0. The molecule has 1 fully saturated rings. The molecule has 0 saturated carbocycles. The van der Waals surface area contributed by atoms with Gasteiger partial charge in [0.25, 0.3) is 5.91 Å². The number of ether oxygens (including phenoxy) is 1. The number of piperidine rings is 1. The number of hydrogen-bond acceptors (Lipinski definition) is 5. The molecule has 0 spiro atoms. The van der Waals surface area contributed by atoms with Gasteiger partial charge in [0, 0.05) is 18.5 Å². The quantitative estimate of drug-likeness (QED) is 0.345. The topological polar surface area (TPSA) is 80.8 Å². The molecule has 2 amide bonds. The SMILES string of the molecule is CCOC(=O)[C@]1(CCC=O)CCCN(C(=O)c2ccccc2)C1=O. The molecule has 2 rings (SSSR count). The second-order valence-electron chi connectivity index (χ2n) is 5.74. The van der Waals surface area contributed by atoms with Gasteiger partial charge in [-0.2, -0.15) is 0 Å². The van der Waals surface area contributed by atoms with E-state index in [0.717, 1.165) is 4.90 Å². The first-order valence-corrected chi connectivity index (χ1v) is 8.09. The van der Waals surface area contributed by atoms with Crippen LogP contribution in [0.1, 0.15) is 43.0 Å². The van der Waals surface area contributed by atoms with Crippen LogP contribution in [0.2, 0.25) is 0 Å². The Hall–Kier alpha value is -2.50. The lowest BCUT2D eigenvalue weighted by molar-refractivity contribution is -0.167. The smallest absolute Gasteiger partial charge is 0.321 e. The summed E-state index contributed by atoms with van der Waals surface area (Å²) in [6.07, 6.45) is 1.59. The van der Waals surface area contributed by atoms with Crippen LogP contribution in [0.15, 0.2) is 30.3 Å². The second-order valence-corrected chi connectivity index (χ2v) is 5.74. The predicted molar refractivity (Wildman–Crippen MR) is 86.1 cm³/mol. The number of imide groups is 1. The maximum absolute atomic E-state index is 13.0. The first kappa shape index (κ1) is 17.8. The molecule has 0 aromatic heterocycles. The van der Waals surface area contributed by atoms with Gasteiger partial charge in [-0.05, 0) is 38.3 Å². The molecule has 6 nitrogen and oxygen atoms in total. The molecule has 1 atom stereocenters. The van der Waals surface area contributed by atoms with Crippen LogP contribution in [0.25, 0.3) is 0 Å². The van der Waals surface area contributed by atoms with Crippen molar-refractivity contribution in [3.8, 4) is 0 Å². The van der Waals surface area contributed by atoms with Gasteiger partial charge in [-0.15, -0.1) is 0 Å². The molecular weight excluding hydrogens is 310 g/mol. The molecule has 1 aromatic carbocycles. The van der Waals surface area contributed by atoms with E-state index < -0.39 is 23.2 Å². The number of benzene rings is 1. The fourth-order valence-corrected chi connectivity index (χ4v) is 3.03. The van der Waals surface area contributed by atoms with Crippen molar-refractivity contribution in [2.24, 2.45) is 5.41 Å². The van der Waals surface area contributed by atoms with Crippen LogP contribution in [-0.4, -0.2) is 42.1 Å². The molecule has 1 heterocycles. The van der Waals surface area contributed by atoms with Gasteiger partial charge in [-0.3, -0.25) is 19.3 Å². The summed E-state index contributed by atoms with van der Waals surface area (Å²) in [5, 5.41) is 0. The molecule has 128 valence electrons. The second kappa shape index (κ2) is 7.86. The zero-order chi connectivity index (χ0) is 17.6. The van der Waals surface area contributed by atoms with E-state index in [2.05, 4.69) is 0 Å². The number of amides is 2. The summed E-state index contributed by atoms with van der Waals surface area (Å²) in [7, 11) is 0. The third-order valence-corrected chi connectivity index (χ3v) is 4.26. The third kappa shape index (κ3) is 3.37. The van der Waals surface area contributed by atoms with Crippen LogP contribution < -0.4 is 0 Å². The first-order chi connectivity index (χ1) is 11.6. The van der Waals surface area contributed by atoms with Gasteiger partial charge < -0.3 is 9.53 Å². The lowest BCUT2D eigenvalue weighted by Gasteiger charge is -2.38. The van der Waals surface area contributed by atoms with Gasteiger partial charge in [0.2, 0.25) is 5.91 Å². The van der Waals surface area contributed by atoms with E-state index in [1.165, 1.54) is 0 Å². The zero-order valence-corrected chi connectivity index (χ0v) is 13.7. The third-order valence-electron chi connectivity index (χ3n) is 4.26. The fourth-order valence-electron chi connectivity index (χ4n) is 3.03. The van der Waals surface area contributed by atoms with Crippen molar-refractivity contribution in [3.63, 3.8) is 0 Å². The summed E-state index contributed by atoms with van der Waals surface area (Å²) in [5.41, 5.74) is -1.06. The summed E-state index contributed by atoms with van der Waals surface area (Å²) in [4.78, 5) is 49.9. The minimum atomic E-state index is -1.44. The minimum Gasteiger partial charge on any atom is -0.465 e. The van der Waals surface area contributed by atoms with Crippen LogP contribution in [-0.2, 0) is 19.1 Å². The van der Waals surface area contributed by atoms with E-state index in [4.69, 9.17) is 4.74 Å². The number of rotatable bonds is 6. The number of esters is 1. The van der Waals surface area contributed by atoms with Crippen molar-refractivity contribution < 1.29 is 23.9 Å². The molecule has 0 unspecified atom stereocenters. The molecule has 0 N–H and O–H groups in total. The Kier molecular flexibility index (Phi) is 5.84. The molecular formula is C18H21NO5. The molecule has 6 heteroatoms. The van der Waals surface area contributed by atoms with Gasteiger partial charge in [0.15, 0.2) is 0 Å². The Labute approximate surface area is 140 Å². The fraction of sp³-hybridized carbons (Fsp3) is 0.444. The molecule has 24 heavy (non-hydrogen) atoms. The van der Waals surface area contributed by atoms with E-state index in [1.54, 1.807) is 37.3 Å². The number of carbonyl (C=O) groups excluding carboxylic acids is 4. The Bertz CT molecular complexity index is 628. The van der Waals surface area contributed by atoms with Crippen molar-refractivity contribution in [2.45, 2.75) is 32.6 Å². The number of likely N-dealkylation sites (tertiary alicyclic amines) is 1. The Morgan fingerprint density at radius 3 is 2.62 bits per heavy atom. The molecule has 1 aliphatic heterocycles. The van der Waals surface area contributed by atoms with Crippen LogP contribution in [0, 0.1) is 5.41 Å². The van der Waals surface area contributed by atoms with Gasteiger partial charge >= 0.3 is 5.97 Å². The highest BCUT2D eigenvalue weighted by molar-refractivity contribution is 6.12. The van der Waals surface area contributed by atoms with Crippen LogP contribution >= 0.6 is 0 Å². The largest absolute Gasteiger partial charge is 0.465 e. The highest BCUT2D eigenvalue weighted by atomic mass is 16.5. The van der Waals surface area contributed by atoms with Crippen LogP contribution in [0.5, 0.6) is 0 Å². The summed E-state index contributed by atoms with van der Waals surface area (Å²) in [6, 6.07) is 8.46. The maximum Gasteiger partial charge on any atom is 0.321 e. The number of aldehydes is 1. The average Bonchev–Trinajstić information content (AvgIpc) is 2.61. The van der Waals surface area contributed by atoms with Gasteiger partial charge in [0.1, 0.15) is 11.7 Å². The Morgan fingerprint density at radius 1 is 1.29 bits per heavy atom. The molecule has 1 saturated heterocycles. The minimum absolute atomic E-state index is 0.0622. The lowest BCUT2D eigenvalue weighted by Crippen LogP contribution is -2.55. The van der Waals surface area contributed by atoms with Crippen LogP contribution in [0.3, 0.4) is 0 Å². The maximum atomic E-state index is 13.0. The van der Waals surface area contributed by atoms with Crippen molar-refractivity contribution in [3.05, 3.63) is 35.9 Å². The standard InChI is InChI=1S/C18H21NO5/c1-2-24-17(23)18(11-7-13-20)10-6-12-19(16(18)22)15(21)14-8-4-3-5-9-14/h3-5,8-9,13H,2,6-7,10-12H2,1H3/t18-/m0/s1. The van der Waals surface area contributed by atoms with Crippen molar-refractivity contribution in [1.29, 1.82) is 0 Å². The van der Waals surface area contributed by atoms with Crippen molar-refractivity contribution in [1.82, 2.24) is 4.90 Å². The van der Waals surface area contributed by atoms with Gasteiger partial charge in [-0.1, -0.05) is 18.2 Å². The molecule has 1 aliphatic rings. The number of hydrogen-bond donors (Lipinski definition) is 0. The van der Waals surface area contributed by atoms with Crippen LogP contribution in [0.4, 0.5) is 0 Å². The van der Waals surface area contributed by atoms with Crippen molar-refractivity contribution in [2.75, 3.05) is 13.2 Å². The van der Waals surface area contributed by atoms with Gasteiger partial charge in [-0.25, -0.2) is 0 Å². The van der Waals surface area contributed by atoms with Gasteiger partial charge in [0.05, 0.1) is 6.61 Å². The predicted octanol–water partition coefficient (Wildman–Crippen LogP) is 1.98. The van der Waals surface area contributed by atoms with E-state index in [9.17, 15) is 19.2 Å². The zero-order valence-electron chi connectivity index (χ0n) is 13.7. The highest BCUT2D eigenvalue weighted by Crippen LogP contribution is 2.37. The highest BCUT2D eigenvalue weighted by Gasteiger charge is 2.52. The summed E-state index contributed by atoms with van der Waals surface area (Å²) < 4.78 is 5.07. The Balaban J connectivity index is 2.32. The van der Waals surface area contributed by atoms with Crippen molar-refractivity contribution >= 4 is 24.1 Å². The van der Waals surface area contributed by atoms with E-state index in [-0.39, 0.29) is 32.4 Å². The summed E-state index contributed by atoms with van der Waals surface area (Å²) in [6.45, 7) is 2.06. The molecule has 0 radical (unpaired) electrons. The lowest BCUT2D eigenvalue weighted by atomic mass is 9.75. The molecule has 1 aromatic rings. The average molecular weight is 331 g/mol. The Morgan fingerprint density at radius 2 is 2.00 bits per heavy atom. The first-order valence-electron chi connectivity index (χ1n) is 8.09. The van der Waals surface area contributed by atoms with E-state index >= 15 is 0 Å². The van der Waals surface area contributed by atoms with E-state index in [1.807, 2.05) is 0 Å². The summed E-state index contributed by atoms with van der Waals surface area (Å²) in [5.74, 6) is -1.65. The van der Waals surface area contributed by atoms with E-state index in [0.29, 0.717) is 18.3 Å². The number of carbonyl (C=O) groups is 4. The monoisotopic (exact) mass is 331 g/mol. The molecule has 0 aliphatic carbocycles.